The molecule has 19 heavy (non-hydrogen) atoms. The molecule has 0 amide bonds. The van der Waals surface area contributed by atoms with E-state index in [4.69, 9.17) is 17.3 Å². The molecule has 0 saturated heterocycles. The van der Waals surface area contributed by atoms with Crippen LogP contribution in [0.2, 0.25) is 5.02 Å². The number of aromatic amines is 1. The van der Waals surface area contributed by atoms with Gasteiger partial charge in [-0.25, -0.2) is 9.37 Å². The molecular weight excluding hydrogens is 269 g/mol. The Bertz CT molecular complexity index is 669. The summed E-state index contributed by atoms with van der Waals surface area (Å²) in [5.74, 6) is 0.226. The van der Waals surface area contributed by atoms with Crippen LogP contribution in [0.5, 0.6) is 0 Å². The normalized spacial score (nSPS) is 10.7. The molecule has 0 aliphatic heterocycles. The molecule has 0 atom stereocenters. The van der Waals surface area contributed by atoms with Crippen molar-refractivity contribution in [2.24, 2.45) is 0 Å². The summed E-state index contributed by atoms with van der Waals surface area (Å²) in [7, 11) is 0. The molecule has 6 heteroatoms. The number of nitrogen functional groups attached to an aromatic ring is 1. The van der Waals surface area contributed by atoms with Crippen molar-refractivity contribution in [3.05, 3.63) is 56.3 Å². The largest absolute Gasteiger partial charge is 0.383 e. The van der Waals surface area contributed by atoms with Crippen molar-refractivity contribution in [2.45, 2.75) is 19.8 Å². The van der Waals surface area contributed by atoms with Crippen molar-refractivity contribution < 1.29 is 4.39 Å². The van der Waals surface area contributed by atoms with E-state index in [-0.39, 0.29) is 11.4 Å². The summed E-state index contributed by atoms with van der Waals surface area (Å²) in [5.41, 5.74) is 6.62. The van der Waals surface area contributed by atoms with Crippen LogP contribution < -0.4 is 11.3 Å². The average molecular weight is 282 g/mol. The van der Waals surface area contributed by atoms with Crippen molar-refractivity contribution >= 4 is 17.4 Å². The summed E-state index contributed by atoms with van der Waals surface area (Å²) in [6, 6.07) is 4.09. The lowest BCUT2D eigenvalue weighted by molar-refractivity contribution is 0.627. The fraction of sp³-hybridized carbons (Fsp3) is 0.231. The number of hydrogen-bond donors (Lipinski definition) is 2. The van der Waals surface area contributed by atoms with Crippen molar-refractivity contribution in [3.8, 4) is 0 Å². The van der Waals surface area contributed by atoms with E-state index < -0.39 is 5.82 Å². The fourth-order valence-electron chi connectivity index (χ4n) is 1.83. The first-order chi connectivity index (χ1) is 9.01. The molecule has 100 valence electrons. The molecule has 0 aliphatic carbocycles. The molecule has 1 aromatic heterocycles. The minimum Gasteiger partial charge on any atom is -0.383 e. The summed E-state index contributed by atoms with van der Waals surface area (Å²) in [6.07, 6.45) is 0.814. The number of hydrogen-bond acceptors (Lipinski definition) is 3. The van der Waals surface area contributed by atoms with Gasteiger partial charge in [-0.3, -0.25) is 4.79 Å². The molecule has 1 aromatic carbocycles. The molecule has 0 spiro atoms. The van der Waals surface area contributed by atoms with Gasteiger partial charge < -0.3 is 10.7 Å². The third-order valence-corrected chi connectivity index (χ3v) is 3.17. The van der Waals surface area contributed by atoms with Crippen molar-refractivity contribution in [1.29, 1.82) is 0 Å². The zero-order chi connectivity index (χ0) is 14.0. The summed E-state index contributed by atoms with van der Waals surface area (Å²) in [5, 5.41) is 0.292. The Morgan fingerprint density at radius 2 is 2.21 bits per heavy atom. The Morgan fingerprint density at radius 1 is 1.47 bits per heavy atom. The van der Waals surface area contributed by atoms with Gasteiger partial charge in [0.05, 0.1) is 5.56 Å². The lowest BCUT2D eigenvalue weighted by Gasteiger charge is -2.07. The maximum absolute atomic E-state index is 12.9. The fourth-order valence-corrected chi connectivity index (χ4v) is 2.07. The number of aromatic nitrogens is 2. The summed E-state index contributed by atoms with van der Waals surface area (Å²) < 4.78 is 12.9. The highest BCUT2D eigenvalue weighted by Crippen LogP contribution is 2.19. The number of nitrogens with two attached hydrogens (primary N) is 1. The molecule has 0 aliphatic rings. The summed E-state index contributed by atoms with van der Waals surface area (Å²) >= 11 is 5.93. The number of H-pyrrole nitrogens is 1. The van der Waals surface area contributed by atoms with E-state index in [9.17, 15) is 9.18 Å². The zero-order valence-corrected chi connectivity index (χ0v) is 11.1. The van der Waals surface area contributed by atoms with Gasteiger partial charge >= 0.3 is 0 Å². The van der Waals surface area contributed by atoms with Gasteiger partial charge in [0.2, 0.25) is 0 Å². The Kier molecular flexibility index (Phi) is 3.85. The molecule has 3 N–H and O–H groups in total. The van der Waals surface area contributed by atoms with Crippen LogP contribution in [-0.4, -0.2) is 9.97 Å². The van der Waals surface area contributed by atoms with Crippen molar-refractivity contribution in [1.82, 2.24) is 9.97 Å². The maximum atomic E-state index is 12.9. The maximum Gasteiger partial charge on any atom is 0.256 e. The van der Waals surface area contributed by atoms with Gasteiger partial charge in [0.15, 0.2) is 0 Å². The predicted octanol–water partition coefficient (Wildman–Crippen LogP) is 2.30. The van der Waals surface area contributed by atoms with E-state index in [2.05, 4.69) is 9.97 Å². The van der Waals surface area contributed by atoms with Crippen LogP contribution >= 0.6 is 11.6 Å². The highest BCUT2D eigenvalue weighted by Gasteiger charge is 2.09. The number of benzene rings is 1. The minimum atomic E-state index is -0.406. The third kappa shape index (κ3) is 2.93. The first-order valence-corrected chi connectivity index (χ1v) is 6.20. The highest BCUT2D eigenvalue weighted by atomic mass is 35.5. The van der Waals surface area contributed by atoms with E-state index in [1.54, 1.807) is 6.07 Å². The second kappa shape index (κ2) is 5.40. The molecule has 0 fully saturated rings. The second-order valence-electron chi connectivity index (χ2n) is 4.14. The van der Waals surface area contributed by atoms with Crippen molar-refractivity contribution in [3.63, 3.8) is 0 Å². The summed E-state index contributed by atoms with van der Waals surface area (Å²) in [4.78, 5) is 18.5. The van der Waals surface area contributed by atoms with Crippen LogP contribution in [-0.2, 0) is 12.8 Å². The topological polar surface area (TPSA) is 71.8 Å². The lowest BCUT2D eigenvalue weighted by atomic mass is 10.1. The predicted molar refractivity (Wildman–Crippen MR) is 72.9 cm³/mol. The van der Waals surface area contributed by atoms with Gasteiger partial charge in [0, 0.05) is 11.4 Å². The quantitative estimate of drug-likeness (QED) is 0.907. The minimum absolute atomic E-state index is 0.222. The van der Waals surface area contributed by atoms with Crippen LogP contribution in [0.4, 0.5) is 10.2 Å². The smallest absolute Gasteiger partial charge is 0.256 e. The second-order valence-corrected chi connectivity index (χ2v) is 4.55. The third-order valence-electron chi connectivity index (χ3n) is 2.82. The molecule has 0 saturated carbocycles. The molecular formula is C13H13ClFN3O. The van der Waals surface area contributed by atoms with Gasteiger partial charge in [-0.15, -0.1) is 0 Å². The average Bonchev–Trinajstić information content (AvgIpc) is 2.32. The highest BCUT2D eigenvalue weighted by molar-refractivity contribution is 6.31. The molecule has 0 unspecified atom stereocenters. The molecule has 2 rings (SSSR count). The van der Waals surface area contributed by atoms with E-state index >= 15 is 0 Å². The van der Waals surface area contributed by atoms with Gasteiger partial charge in [0.25, 0.3) is 5.56 Å². The monoisotopic (exact) mass is 281 g/mol. The SMILES string of the molecule is CCc1c(N)nc(Cc2ccc(F)cc2Cl)[nH]c1=O. The van der Waals surface area contributed by atoms with Crippen LogP contribution in [0.3, 0.4) is 0 Å². The molecule has 1 heterocycles. The molecule has 4 nitrogen and oxygen atoms in total. The van der Waals surface area contributed by atoms with Crippen LogP contribution in [0, 0.1) is 5.82 Å². The van der Waals surface area contributed by atoms with Gasteiger partial charge in [0.1, 0.15) is 17.5 Å². The van der Waals surface area contributed by atoms with E-state index in [1.807, 2.05) is 6.92 Å². The zero-order valence-electron chi connectivity index (χ0n) is 10.3. The Morgan fingerprint density at radius 3 is 2.79 bits per heavy atom. The van der Waals surface area contributed by atoms with Crippen molar-refractivity contribution in [2.75, 3.05) is 5.73 Å². The number of halogens is 2. The van der Waals surface area contributed by atoms with E-state index in [0.717, 1.165) is 0 Å². The number of rotatable bonds is 3. The number of nitrogens with zero attached hydrogens (tertiary/aromatic N) is 1. The van der Waals surface area contributed by atoms with Crippen LogP contribution in [0.1, 0.15) is 23.9 Å². The molecule has 0 bridgehead atoms. The van der Waals surface area contributed by atoms with E-state index in [0.29, 0.717) is 34.8 Å². The Labute approximate surface area is 114 Å². The number of nitrogens with one attached hydrogen (secondary N) is 1. The van der Waals surface area contributed by atoms with Gasteiger partial charge in [-0.05, 0) is 24.1 Å². The first-order valence-electron chi connectivity index (χ1n) is 5.82. The Balaban J connectivity index is 2.36. The lowest BCUT2D eigenvalue weighted by Crippen LogP contribution is -2.19. The van der Waals surface area contributed by atoms with Crippen LogP contribution in [0.25, 0.3) is 0 Å². The van der Waals surface area contributed by atoms with Gasteiger partial charge in [-0.1, -0.05) is 24.6 Å². The van der Waals surface area contributed by atoms with E-state index in [1.165, 1.54) is 12.1 Å². The van der Waals surface area contributed by atoms with Gasteiger partial charge in [-0.2, -0.15) is 0 Å². The molecule has 0 radical (unpaired) electrons. The number of anilines is 1. The van der Waals surface area contributed by atoms with Crippen LogP contribution in [0.15, 0.2) is 23.0 Å². The molecule has 2 aromatic rings. The first kappa shape index (κ1) is 13.5. The standard InChI is InChI=1S/C13H13ClFN3O/c1-2-9-12(16)17-11(18-13(9)19)5-7-3-4-8(15)6-10(7)14/h3-4,6H,2,5H2,1H3,(H3,16,17,18,19). The Hall–Kier alpha value is -1.88. The summed E-state index contributed by atoms with van der Waals surface area (Å²) in [6.45, 7) is 1.83.